The van der Waals surface area contributed by atoms with Crippen molar-refractivity contribution in [2.24, 2.45) is 0 Å². The summed E-state index contributed by atoms with van der Waals surface area (Å²) in [7, 11) is 0. The molecule has 0 bridgehead atoms. The van der Waals surface area contributed by atoms with Crippen molar-refractivity contribution in [1.82, 2.24) is 4.98 Å². The zero-order valence-corrected chi connectivity index (χ0v) is 12.7. The Hall–Kier alpha value is -1.21. The summed E-state index contributed by atoms with van der Waals surface area (Å²) in [5.74, 6) is -0.391. The SMILES string of the molecule is Cc1csc(CC(=O)c2cc(C(F)(F)F)ccc2Br)n1. The van der Waals surface area contributed by atoms with Crippen LogP contribution < -0.4 is 0 Å². The van der Waals surface area contributed by atoms with Gasteiger partial charge in [0.1, 0.15) is 5.01 Å². The van der Waals surface area contributed by atoms with Crippen molar-refractivity contribution in [3.05, 3.63) is 49.9 Å². The van der Waals surface area contributed by atoms with Crippen molar-refractivity contribution < 1.29 is 18.0 Å². The first kappa shape index (κ1) is 15.2. The van der Waals surface area contributed by atoms with E-state index in [0.29, 0.717) is 9.48 Å². The number of carbonyl (C=O) groups is 1. The predicted octanol–water partition coefficient (Wildman–Crippen LogP) is 4.66. The van der Waals surface area contributed by atoms with E-state index in [1.54, 1.807) is 12.3 Å². The van der Waals surface area contributed by atoms with Gasteiger partial charge in [0.2, 0.25) is 0 Å². The van der Waals surface area contributed by atoms with Crippen molar-refractivity contribution in [3.8, 4) is 0 Å². The largest absolute Gasteiger partial charge is 0.416 e. The highest BCUT2D eigenvalue weighted by atomic mass is 79.9. The number of alkyl halides is 3. The number of hydrogen-bond donors (Lipinski definition) is 0. The summed E-state index contributed by atoms with van der Waals surface area (Å²) in [5.41, 5.74) is -0.0204. The molecule has 0 saturated carbocycles. The van der Waals surface area contributed by atoms with Gasteiger partial charge >= 0.3 is 6.18 Å². The lowest BCUT2D eigenvalue weighted by Crippen LogP contribution is -2.09. The Labute approximate surface area is 125 Å². The summed E-state index contributed by atoms with van der Waals surface area (Å²) in [6.45, 7) is 1.80. The molecule has 0 saturated heterocycles. The highest BCUT2D eigenvalue weighted by Crippen LogP contribution is 2.32. The molecule has 0 fully saturated rings. The predicted molar refractivity (Wildman–Crippen MR) is 74.0 cm³/mol. The maximum Gasteiger partial charge on any atom is 0.416 e. The standard InChI is InChI=1S/C13H9BrF3NOS/c1-7-6-20-12(18-7)5-11(19)9-4-8(13(15,16)17)2-3-10(9)14/h2-4,6H,5H2,1H3. The lowest BCUT2D eigenvalue weighted by atomic mass is 10.1. The summed E-state index contributed by atoms with van der Waals surface area (Å²) < 4.78 is 38.3. The fraction of sp³-hybridized carbons (Fsp3) is 0.231. The van der Waals surface area contributed by atoms with E-state index < -0.39 is 17.5 Å². The van der Waals surface area contributed by atoms with E-state index in [1.165, 1.54) is 17.4 Å². The summed E-state index contributed by atoms with van der Waals surface area (Å²) in [5, 5.41) is 2.39. The van der Waals surface area contributed by atoms with Gasteiger partial charge in [-0.05, 0) is 25.1 Å². The number of rotatable bonds is 3. The Morgan fingerprint density at radius 3 is 2.65 bits per heavy atom. The number of benzene rings is 1. The fourth-order valence-corrected chi connectivity index (χ4v) is 2.87. The van der Waals surface area contributed by atoms with Gasteiger partial charge in [0.05, 0.1) is 12.0 Å². The van der Waals surface area contributed by atoms with E-state index >= 15 is 0 Å². The van der Waals surface area contributed by atoms with E-state index in [4.69, 9.17) is 0 Å². The smallest absolute Gasteiger partial charge is 0.294 e. The Morgan fingerprint density at radius 1 is 1.40 bits per heavy atom. The van der Waals surface area contributed by atoms with Crippen molar-refractivity contribution in [1.29, 1.82) is 0 Å². The third kappa shape index (κ3) is 3.46. The molecule has 0 spiro atoms. The second-order valence-electron chi connectivity index (χ2n) is 4.17. The van der Waals surface area contributed by atoms with Gasteiger partial charge < -0.3 is 0 Å². The number of aryl methyl sites for hydroxylation is 1. The minimum absolute atomic E-state index is 0.00157. The van der Waals surface area contributed by atoms with Crippen LogP contribution in [0.1, 0.15) is 26.6 Å². The molecule has 2 rings (SSSR count). The monoisotopic (exact) mass is 363 g/mol. The molecule has 106 valence electrons. The number of nitrogens with zero attached hydrogens (tertiary/aromatic N) is 1. The molecule has 0 N–H and O–H groups in total. The third-order valence-corrected chi connectivity index (χ3v) is 4.23. The molecule has 0 aliphatic rings. The zero-order valence-electron chi connectivity index (χ0n) is 10.3. The summed E-state index contributed by atoms with van der Waals surface area (Å²) in [4.78, 5) is 16.2. The van der Waals surface area contributed by atoms with Gasteiger partial charge in [-0.25, -0.2) is 4.98 Å². The molecule has 1 heterocycles. The minimum atomic E-state index is -4.46. The number of hydrogen-bond acceptors (Lipinski definition) is 3. The Balaban J connectivity index is 2.29. The quantitative estimate of drug-likeness (QED) is 0.742. The molecule has 0 atom stereocenters. The first-order valence-electron chi connectivity index (χ1n) is 5.58. The van der Waals surface area contributed by atoms with Crippen LogP contribution >= 0.6 is 27.3 Å². The van der Waals surface area contributed by atoms with Gasteiger partial charge in [0, 0.05) is 21.1 Å². The summed E-state index contributed by atoms with van der Waals surface area (Å²) in [6, 6.07) is 3.05. The zero-order chi connectivity index (χ0) is 14.9. The van der Waals surface area contributed by atoms with Gasteiger partial charge in [-0.3, -0.25) is 4.79 Å². The Kier molecular flexibility index (Phi) is 4.29. The van der Waals surface area contributed by atoms with Crippen LogP contribution in [0, 0.1) is 6.92 Å². The normalized spacial score (nSPS) is 11.7. The highest BCUT2D eigenvalue weighted by molar-refractivity contribution is 9.10. The van der Waals surface area contributed by atoms with Gasteiger partial charge in [0.15, 0.2) is 5.78 Å². The van der Waals surface area contributed by atoms with Crippen LogP contribution in [-0.4, -0.2) is 10.8 Å². The molecule has 1 aromatic carbocycles. The van der Waals surface area contributed by atoms with Crippen LogP contribution in [-0.2, 0) is 12.6 Å². The molecule has 0 aliphatic carbocycles. The van der Waals surface area contributed by atoms with Gasteiger partial charge in [-0.1, -0.05) is 15.9 Å². The lowest BCUT2D eigenvalue weighted by molar-refractivity contribution is -0.137. The van der Waals surface area contributed by atoms with Crippen molar-refractivity contribution >= 4 is 33.0 Å². The first-order chi connectivity index (χ1) is 9.27. The van der Waals surface area contributed by atoms with Gasteiger partial charge in [0.25, 0.3) is 0 Å². The van der Waals surface area contributed by atoms with Crippen LogP contribution in [0.25, 0.3) is 0 Å². The maximum absolute atomic E-state index is 12.7. The van der Waals surface area contributed by atoms with E-state index in [0.717, 1.165) is 17.8 Å². The van der Waals surface area contributed by atoms with Crippen LogP contribution in [0.3, 0.4) is 0 Å². The molecule has 0 amide bonds. The van der Waals surface area contributed by atoms with Crippen molar-refractivity contribution in [2.75, 3.05) is 0 Å². The molecular weight excluding hydrogens is 355 g/mol. The maximum atomic E-state index is 12.7. The minimum Gasteiger partial charge on any atom is -0.294 e. The van der Waals surface area contributed by atoms with Crippen molar-refractivity contribution in [3.63, 3.8) is 0 Å². The van der Waals surface area contributed by atoms with E-state index in [9.17, 15) is 18.0 Å². The lowest BCUT2D eigenvalue weighted by Gasteiger charge is -2.09. The molecule has 0 aliphatic heterocycles. The Bertz CT molecular complexity index is 651. The van der Waals surface area contributed by atoms with Gasteiger partial charge in [-0.15, -0.1) is 11.3 Å². The summed E-state index contributed by atoms with van der Waals surface area (Å²) >= 11 is 4.43. The van der Waals surface area contributed by atoms with Crippen LogP contribution in [0.15, 0.2) is 28.1 Å². The highest BCUT2D eigenvalue weighted by Gasteiger charge is 2.31. The molecule has 20 heavy (non-hydrogen) atoms. The number of carbonyl (C=O) groups excluding carboxylic acids is 1. The van der Waals surface area contributed by atoms with E-state index in [1.807, 2.05) is 0 Å². The average molecular weight is 364 g/mol. The fourth-order valence-electron chi connectivity index (χ4n) is 1.63. The molecule has 0 radical (unpaired) electrons. The van der Waals surface area contributed by atoms with Gasteiger partial charge in [-0.2, -0.15) is 13.2 Å². The van der Waals surface area contributed by atoms with E-state index in [-0.39, 0.29) is 12.0 Å². The Morgan fingerprint density at radius 2 is 2.10 bits per heavy atom. The molecule has 1 aromatic heterocycles. The van der Waals surface area contributed by atoms with Crippen LogP contribution in [0.4, 0.5) is 13.2 Å². The average Bonchev–Trinajstić information content (AvgIpc) is 2.73. The first-order valence-corrected chi connectivity index (χ1v) is 7.25. The van der Waals surface area contributed by atoms with E-state index in [2.05, 4.69) is 20.9 Å². The summed E-state index contributed by atoms with van der Waals surface area (Å²) in [6.07, 6.45) is -4.47. The molecular formula is C13H9BrF3NOS. The second-order valence-corrected chi connectivity index (χ2v) is 5.97. The topological polar surface area (TPSA) is 30.0 Å². The molecule has 2 nitrogen and oxygen atoms in total. The molecule has 0 unspecified atom stereocenters. The second kappa shape index (κ2) is 5.65. The molecule has 7 heteroatoms. The third-order valence-electron chi connectivity index (χ3n) is 2.57. The number of Topliss-reactive ketones (excluding diaryl/α,β-unsaturated/α-hetero) is 1. The van der Waals surface area contributed by atoms with Crippen LogP contribution in [0.5, 0.6) is 0 Å². The number of thiazole rings is 1. The molecule has 2 aromatic rings. The number of ketones is 1. The van der Waals surface area contributed by atoms with Crippen molar-refractivity contribution in [2.45, 2.75) is 19.5 Å². The number of aromatic nitrogens is 1. The van der Waals surface area contributed by atoms with Crippen LogP contribution in [0.2, 0.25) is 0 Å². The number of halogens is 4.